The molecule has 0 heterocycles. The fourth-order valence-corrected chi connectivity index (χ4v) is 3.62. The van der Waals surface area contributed by atoms with Crippen molar-refractivity contribution < 1.29 is 4.79 Å². The Morgan fingerprint density at radius 1 is 1.13 bits per heavy atom. The van der Waals surface area contributed by atoms with Crippen LogP contribution in [0.4, 0.5) is 0 Å². The largest absolute Gasteiger partial charge is 0.369 e. The standard InChI is InChI=1S/C13H23NO/c1-2-9-3-4-11-8-12(13(14)15)6-5-10(11)7-9/h9-12H,2-8H2,1H3,(H2,14,15). The molecule has 0 saturated heterocycles. The highest BCUT2D eigenvalue weighted by Gasteiger charge is 2.36. The molecule has 2 rings (SSSR count). The lowest BCUT2D eigenvalue weighted by molar-refractivity contribution is -0.124. The quantitative estimate of drug-likeness (QED) is 0.746. The second-order valence-corrected chi connectivity index (χ2v) is 5.52. The summed E-state index contributed by atoms with van der Waals surface area (Å²) >= 11 is 0. The van der Waals surface area contributed by atoms with Gasteiger partial charge in [0.15, 0.2) is 0 Å². The molecule has 86 valence electrons. The minimum Gasteiger partial charge on any atom is -0.369 e. The Bertz CT molecular complexity index is 239. The van der Waals surface area contributed by atoms with Crippen LogP contribution in [0.3, 0.4) is 0 Å². The molecule has 0 aromatic rings. The molecule has 2 nitrogen and oxygen atoms in total. The van der Waals surface area contributed by atoms with Gasteiger partial charge >= 0.3 is 0 Å². The van der Waals surface area contributed by atoms with Crippen LogP contribution in [0, 0.1) is 23.7 Å². The van der Waals surface area contributed by atoms with Crippen LogP contribution in [0.25, 0.3) is 0 Å². The van der Waals surface area contributed by atoms with Gasteiger partial charge in [-0.1, -0.05) is 19.8 Å². The summed E-state index contributed by atoms with van der Waals surface area (Å²) in [5, 5.41) is 0. The van der Waals surface area contributed by atoms with Crippen LogP contribution in [0.5, 0.6) is 0 Å². The molecule has 2 saturated carbocycles. The molecule has 15 heavy (non-hydrogen) atoms. The van der Waals surface area contributed by atoms with E-state index in [9.17, 15) is 4.79 Å². The van der Waals surface area contributed by atoms with Crippen molar-refractivity contribution in [1.29, 1.82) is 0 Å². The van der Waals surface area contributed by atoms with Crippen molar-refractivity contribution in [3.63, 3.8) is 0 Å². The fraction of sp³-hybridized carbons (Fsp3) is 0.923. The Hall–Kier alpha value is -0.530. The number of carbonyl (C=O) groups is 1. The van der Waals surface area contributed by atoms with E-state index in [0.29, 0.717) is 0 Å². The SMILES string of the molecule is CCC1CCC2CC(C(N)=O)CCC2C1. The lowest BCUT2D eigenvalue weighted by Crippen LogP contribution is -2.35. The van der Waals surface area contributed by atoms with Crippen molar-refractivity contribution in [3.8, 4) is 0 Å². The zero-order chi connectivity index (χ0) is 10.8. The van der Waals surface area contributed by atoms with E-state index >= 15 is 0 Å². The summed E-state index contributed by atoms with van der Waals surface area (Å²) in [6, 6.07) is 0. The van der Waals surface area contributed by atoms with E-state index < -0.39 is 0 Å². The van der Waals surface area contributed by atoms with E-state index in [1.54, 1.807) is 0 Å². The van der Waals surface area contributed by atoms with Crippen molar-refractivity contribution in [2.45, 2.75) is 51.9 Å². The maximum absolute atomic E-state index is 11.2. The molecule has 0 aromatic carbocycles. The van der Waals surface area contributed by atoms with Crippen LogP contribution in [0.1, 0.15) is 51.9 Å². The van der Waals surface area contributed by atoms with Gasteiger partial charge in [-0.2, -0.15) is 0 Å². The van der Waals surface area contributed by atoms with Gasteiger partial charge in [-0.15, -0.1) is 0 Å². The van der Waals surface area contributed by atoms with Crippen LogP contribution >= 0.6 is 0 Å². The van der Waals surface area contributed by atoms with E-state index in [1.165, 1.54) is 32.1 Å². The van der Waals surface area contributed by atoms with E-state index in [4.69, 9.17) is 5.73 Å². The molecule has 0 aliphatic heterocycles. The third kappa shape index (κ3) is 2.35. The van der Waals surface area contributed by atoms with Gasteiger partial charge in [0.05, 0.1) is 0 Å². The Labute approximate surface area is 92.6 Å². The summed E-state index contributed by atoms with van der Waals surface area (Å²) in [5.74, 6) is 2.78. The fourth-order valence-electron chi connectivity index (χ4n) is 3.62. The molecule has 1 amide bonds. The van der Waals surface area contributed by atoms with Crippen LogP contribution in [-0.4, -0.2) is 5.91 Å². The third-order valence-corrected chi connectivity index (χ3v) is 4.70. The molecule has 2 fully saturated rings. The molecular formula is C13H23NO. The summed E-state index contributed by atoms with van der Waals surface area (Å²) in [5.41, 5.74) is 5.40. The van der Waals surface area contributed by atoms with E-state index in [2.05, 4.69) is 6.92 Å². The summed E-state index contributed by atoms with van der Waals surface area (Å²) < 4.78 is 0. The summed E-state index contributed by atoms with van der Waals surface area (Å²) in [4.78, 5) is 11.2. The van der Waals surface area contributed by atoms with Gasteiger partial charge in [-0.05, 0) is 49.9 Å². The number of fused-ring (bicyclic) bond motifs is 1. The molecular weight excluding hydrogens is 186 g/mol. The maximum atomic E-state index is 11.2. The number of amides is 1. The maximum Gasteiger partial charge on any atom is 0.220 e. The first kappa shape index (κ1) is 11.0. The van der Waals surface area contributed by atoms with Gasteiger partial charge in [0.2, 0.25) is 5.91 Å². The first-order valence-corrected chi connectivity index (χ1v) is 6.50. The average Bonchev–Trinajstić information content (AvgIpc) is 2.27. The Balaban J connectivity index is 1.91. The second kappa shape index (κ2) is 4.54. The molecule has 4 unspecified atom stereocenters. The minimum absolute atomic E-state index is 0.0638. The predicted molar refractivity (Wildman–Crippen MR) is 61.1 cm³/mol. The Morgan fingerprint density at radius 3 is 2.47 bits per heavy atom. The lowest BCUT2D eigenvalue weighted by atomic mass is 9.64. The third-order valence-electron chi connectivity index (χ3n) is 4.70. The molecule has 2 aliphatic carbocycles. The monoisotopic (exact) mass is 209 g/mol. The molecule has 4 atom stereocenters. The Morgan fingerprint density at radius 2 is 1.80 bits per heavy atom. The summed E-state index contributed by atoms with van der Waals surface area (Å²) in [6.45, 7) is 2.31. The van der Waals surface area contributed by atoms with Gasteiger partial charge in [-0.25, -0.2) is 0 Å². The summed E-state index contributed by atoms with van der Waals surface area (Å²) in [7, 11) is 0. The zero-order valence-corrected chi connectivity index (χ0v) is 9.74. The van der Waals surface area contributed by atoms with Crippen LogP contribution in [-0.2, 0) is 4.79 Å². The molecule has 2 aliphatic rings. The van der Waals surface area contributed by atoms with Crippen molar-refractivity contribution in [2.75, 3.05) is 0 Å². The highest BCUT2D eigenvalue weighted by molar-refractivity contribution is 5.76. The van der Waals surface area contributed by atoms with Gasteiger partial charge in [0.1, 0.15) is 0 Å². The highest BCUT2D eigenvalue weighted by atomic mass is 16.1. The van der Waals surface area contributed by atoms with Gasteiger partial charge in [0, 0.05) is 5.92 Å². The van der Waals surface area contributed by atoms with Crippen molar-refractivity contribution in [3.05, 3.63) is 0 Å². The molecule has 0 aromatic heterocycles. The van der Waals surface area contributed by atoms with Crippen molar-refractivity contribution >= 4 is 5.91 Å². The van der Waals surface area contributed by atoms with E-state index in [0.717, 1.165) is 30.6 Å². The average molecular weight is 209 g/mol. The lowest BCUT2D eigenvalue weighted by Gasteiger charge is -2.41. The van der Waals surface area contributed by atoms with Gasteiger partial charge in [0.25, 0.3) is 0 Å². The van der Waals surface area contributed by atoms with Crippen molar-refractivity contribution in [2.24, 2.45) is 29.4 Å². The zero-order valence-electron chi connectivity index (χ0n) is 9.74. The van der Waals surface area contributed by atoms with Crippen LogP contribution in [0.15, 0.2) is 0 Å². The number of nitrogens with two attached hydrogens (primary N) is 1. The minimum atomic E-state index is -0.0638. The first-order chi connectivity index (χ1) is 7.20. The Kier molecular flexibility index (Phi) is 3.32. The van der Waals surface area contributed by atoms with E-state index in [-0.39, 0.29) is 11.8 Å². The number of carbonyl (C=O) groups excluding carboxylic acids is 1. The number of hydrogen-bond donors (Lipinski definition) is 1. The topological polar surface area (TPSA) is 43.1 Å². The number of primary amides is 1. The smallest absolute Gasteiger partial charge is 0.220 e. The number of hydrogen-bond acceptors (Lipinski definition) is 1. The molecule has 0 spiro atoms. The highest BCUT2D eigenvalue weighted by Crippen LogP contribution is 2.45. The summed E-state index contributed by atoms with van der Waals surface area (Å²) in [6.07, 6.45) is 8.84. The van der Waals surface area contributed by atoms with Crippen LogP contribution in [0.2, 0.25) is 0 Å². The first-order valence-electron chi connectivity index (χ1n) is 6.50. The second-order valence-electron chi connectivity index (χ2n) is 5.52. The predicted octanol–water partition coefficient (Wildman–Crippen LogP) is 2.71. The van der Waals surface area contributed by atoms with E-state index in [1.807, 2.05) is 0 Å². The molecule has 0 bridgehead atoms. The normalized spacial score (nSPS) is 40.9. The van der Waals surface area contributed by atoms with Gasteiger partial charge < -0.3 is 5.73 Å². The molecule has 2 N–H and O–H groups in total. The van der Waals surface area contributed by atoms with Gasteiger partial charge in [-0.3, -0.25) is 4.79 Å². The molecule has 0 radical (unpaired) electrons. The molecule has 2 heteroatoms. The van der Waals surface area contributed by atoms with Crippen LogP contribution < -0.4 is 5.73 Å². The number of rotatable bonds is 2. The van der Waals surface area contributed by atoms with Crippen molar-refractivity contribution in [1.82, 2.24) is 0 Å².